The molecule has 0 aliphatic heterocycles. The van der Waals surface area contributed by atoms with Crippen molar-refractivity contribution < 1.29 is 19.1 Å². The van der Waals surface area contributed by atoms with E-state index in [-0.39, 0.29) is 5.91 Å². The number of benzene rings is 1. The molecule has 2 rings (SSSR count). The summed E-state index contributed by atoms with van der Waals surface area (Å²) in [6, 6.07) is 6.96. The minimum Gasteiger partial charge on any atom is -0.452 e. The Balaban J connectivity index is 1.79. The van der Waals surface area contributed by atoms with Gasteiger partial charge in [-0.15, -0.1) is 11.3 Å². The number of esters is 1. The maximum absolute atomic E-state index is 11.7. The number of thiazole rings is 1. The fraction of sp³-hybridized carbons (Fsp3) is 0.294. The Labute approximate surface area is 149 Å². The molecule has 0 unspecified atom stereocenters. The second kappa shape index (κ2) is 8.93. The molecule has 132 valence electrons. The Bertz CT molecular complexity index is 767. The SMILES string of the molecule is CCNC(=O)[C@H](C)NC(=O)COC(=O)/C=C/c1nc2ccccc2s1. The molecule has 0 saturated heterocycles. The summed E-state index contributed by atoms with van der Waals surface area (Å²) < 4.78 is 5.87. The van der Waals surface area contributed by atoms with E-state index >= 15 is 0 Å². The van der Waals surface area contributed by atoms with E-state index < -0.39 is 24.5 Å². The van der Waals surface area contributed by atoms with Crippen molar-refractivity contribution >= 4 is 45.4 Å². The number of carbonyl (C=O) groups excluding carboxylic acids is 3. The van der Waals surface area contributed by atoms with Gasteiger partial charge < -0.3 is 15.4 Å². The molecule has 0 aliphatic carbocycles. The first kappa shape index (κ1) is 18.6. The predicted octanol–water partition coefficient (Wildman–Crippen LogP) is 1.49. The zero-order valence-electron chi connectivity index (χ0n) is 13.9. The molecule has 2 N–H and O–H groups in total. The summed E-state index contributed by atoms with van der Waals surface area (Å²) in [6.07, 6.45) is 2.76. The van der Waals surface area contributed by atoms with Crippen LogP contribution in [-0.4, -0.2) is 42.0 Å². The van der Waals surface area contributed by atoms with Crippen LogP contribution in [0.15, 0.2) is 30.3 Å². The molecule has 7 nitrogen and oxygen atoms in total. The number of hydrogen-bond donors (Lipinski definition) is 2. The number of amides is 2. The van der Waals surface area contributed by atoms with Crippen molar-refractivity contribution in [2.24, 2.45) is 0 Å². The van der Waals surface area contributed by atoms with Crippen LogP contribution in [0.1, 0.15) is 18.9 Å². The number of likely N-dealkylation sites (N-methyl/N-ethyl adjacent to an activating group) is 1. The maximum atomic E-state index is 11.7. The van der Waals surface area contributed by atoms with Crippen LogP contribution in [0.3, 0.4) is 0 Å². The Morgan fingerprint density at radius 3 is 2.80 bits per heavy atom. The highest BCUT2D eigenvalue weighted by molar-refractivity contribution is 7.19. The summed E-state index contributed by atoms with van der Waals surface area (Å²) in [5.74, 6) is -1.49. The third-order valence-corrected chi connectivity index (χ3v) is 4.14. The van der Waals surface area contributed by atoms with Crippen LogP contribution in [0, 0.1) is 0 Å². The maximum Gasteiger partial charge on any atom is 0.331 e. The number of nitrogens with one attached hydrogen (secondary N) is 2. The molecular weight excluding hydrogens is 342 g/mol. The zero-order chi connectivity index (χ0) is 18.2. The quantitative estimate of drug-likeness (QED) is 0.575. The topological polar surface area (TPSA) is 97.4 Å². The number of hydrogen-bond acceptors (Lipinski definition) is 6. The van der Waals surface area contributed by atoms with E-state index in [9.17, 15) is 14.4 Å². The number of aromatic nitrogens is 1. The summed E-state index contributed by atoms with van der Waals surface area (Å²) in [5, 5.41) is 5.71. The lowest BCUT2D eigenvalue weighted by Crippen LogP contribution is -2.46. The van der Waals surface area contributed by atoms with Gasteiger partial charge in [0.2, 0.25) is 5.91 Å². The zero-order valence-corrected chi connectivity index (χ0v) is 14.8. The minimum atomic E-state index is -0.690. The standard InChI is InChI=1S/C17H19N3O4S/c1-3-18-17(23)11(2)19-14(21)10-24-16(22)9-8-15-20-12-6-4-5-7-13(12)25-15/h4-9,11H,3,10H2,1-2H3,(H,18,23)(H,19,21)/b9-8+/t11-/m0/s1. The second-order valence-corrected chi connectivity index (χ2v) is 6.21. The summed E-state index contributed by atoms with van der Waals surface area (Å²) >= 11 is 1.45. The van der Waals surface area contributed by atoms with Gasteiger partial charge in [-0.05, 0) is 32.1 Å². The normalized spacial score (nSPS) is 12.1. The van der Waals surface area contributed by atoms with E-state index in [2.05, 4.69) is 15.6 Å². The molecule has 1 atom stereocenters. The highest BCUT2D eigenvalue weighted by Gasteiger charge is 2.15. The monoisotopic (exact) mass is 361 g/mol. The molecule has 0 bridgehead atoms. The molecule has 25 heavy (non-hydrogen) atoms. The molecule has 2 amide bonds. The molecule has 1 heterocycles. The number of carbonyl (C=O) groups is 3. The van der Waals surface area contributed by atoms with Crippen LogP contribution in [0.2, 0.25) is 0 Å². The first-order valence-electron chi connectivity index (χ1n) is 7.77. The molecular formula is C17H19N3O4S. The van der Waals surface area contributed by atoms with E-state index in [1.165, 1.54) is 17.4 Å². The smallest absolute Gasteiger partial charge is 0.331 e. The van der Waals surface area contributed by atoms with Gasteiger partial charge in [-0.1, -0.05) is 12.1 Å². The van der Waals surface area contributed by atoms with Crippen LogP contribution in [0.25, 0.3) is 16.3 Å². The van der Waals surface area contributed by atoms with Crippen LogP contribution in [0.4, 0.5) is 0 Å². The molecule has 0 spiro atoms. The summed E-state index contributed by atoms with van der Waals surface area (Å²) in [6.45, 7) is 3.36. The lowest BCUT2D eigenvalue weighted by Gasteiger charge is -2.12. The van der Waals surface area contributed by atoms with Crippen molar-refractivity contribution in [2.75, 3.05) is 13.2 Å². The van der Waals surface area contributed by atoms with Crippen molar-refractivity contribution in [1.82, 2.24) is 15.6 Å². The van der Waals surface area contributed by atoms with Gasteiger partial charge in [0.15, 0.2) is 6.61 Å². The van der Waals surface area contributed by atoms with Gasteiger partial charge in [0.05, 0.1) is 10.2 Å². The minimum absolute atomic E-state index is 0.294. The van der Waals surface area contributed by atoms with Crippen molar-refractivity contribution in [3.05, 3.63) is 35.3 Å². The first-order chi connectivity index (χ1) is 12.0. The van der Waals surface area contributed by atoms with E-state index in [0.29, 0.717) is 11.6 Å². The Kier molecular flexibility index (Phi) is 6.64. The van der Waals surface area contributed by atoms with Gasteiger partial charge in [-0.3, -0.25) is 9.59 Å². The lowest BCUT2D eigenvalue weighted by atomic mass is 10.3. The highest BCUT2D eigenvalue weighted by Crippen LogP contribution is 2.22. The van der Waals surface area contributed by atoms with Crippen molar-refractivity contribution in [2.45, 2.75) is 19.9 Å². The van der Waals surface area contributed by atoms with E-state index in [4.69, 9.17) is 4.74 Å². The van der Waals surface area contributed by atoms with Crippen LogP contribution in [-0.2, 0) is 19.1 Å². The van der Waals surface area contributed by atoms with E-state index in [1.54, 1.807) is 19.9 Å². The van der Waals surface area contributed by atoms with Crippen molar-refractivity contribution in [3.63, 3.8) is 0 Å². The van der Waals surface area contributed by atoms with E-state index in [0.717, 1.165) is 10.2 Å². The average molecular weight is 361 g/mol. The Hall–Kier alpha value is -2.74. The molecule has 2 aromatic rings. The molecule has 8 heteroatoms. The highest BCUT2D eigenvalue weighted by atomic mass is 32.1. The van der Waals surface area contributed by atoms with Crippen LogP contribution < -0.4 is 10.6 Å². The molecule has 1 aromatic heterocycles. The summed E-state index contributed by atoms with van der Waals surface area (Å²) in [4.78, 5) is 39.2. The average Bonchev–Trinajstić information content (AvgIpc) is 3.01. The van der Waals surface area contributed by atoms with E-state index in [1.807, 2.05) is 24.3 Å². The molecule has 0 fully saturated rings. The molecule has 1 aromatic carbocycles. The number of ether oxygens (including phenoxy) is 1. The summed E-state index contributed by atoms with van der Waals surface area (Å²) in [5.41, 5.74) is 0.860. The van der Waals surface area contributed by atoms with Gasteiger partial charge in [0.1, 0.15) is 11.0 Å². The number of nitrogens with zero attached hydrogens (tertiary/aromatic N) is 1. The number of rotatable bonds is 7. The van der Waals surface area contributed by atoms with Gasteiger partial charge in [-0.25, -0.2) is 9.78 Å². The van der Waals surface area contributed by atoms with Crippen molar-refractivity contribution in [3.8, 4) is 0 Å². The third-order valence-electron chi connectivity index (χ3n) is 3.14. The molecule has 0 radical (unpaired) electrons. The second-order valence-electron chi connectivity index (χ2n) is 5.14. The number of para-hydroxylation sites is 1. The van der Waals surface area contributed by atoms with Gasteiger partial charge in [0.25, 0.3) is 5.91 Å². The number of fused-ring (bicyclic) bond motifs is 1. The molecule has 0 aliphatic rings. The summed E-state index contributed by atoms with van der Waals surface area (Å²) in [7, 11) is 0. The largest absolute Gasteiger partial charge is 0.452 e. The predicted molar refractivity (Wildman–Crippen MR) is 95.9 cm³/mol. The first-order valence-corrected chi connectivity index (χ1v) is 8.58. The van der Waals surface area contributed by atoms with Crippen LogP contribution in [0.5, 0.6) is 0 Å². The third kappa shape index (κ3) is 5.68. The fourth-order valence-electron chi connectivity index (χ4n) is 1.96. The van der Waals surface area contributed by atoms with Gasteiger partial charge in [-0.2, -0.15) is 0 Å². The van der Waals surface area contributed by atoms with Crippen LogP contribution >= 0.6 is 11.3 Å². The lowest BCUT2D eigenvalue weighted by molar-refractivity contribution is -0.144. The van der Waals surface area contributed by atoms with Gasteiger partial charge >= 0.3 is 5.97 Å². The Morgan fingerprint density at radius 2 is 2.08 bits per heavy atom. The fourth-order valence-corrected chi connectivity index (χ4v) is 2.83. The molecule has 0 saturated carbocycles. The van der Waals surface area contributed by atoms with Crippen molar-refractivity contribution in [1.29, 1.82) is 0 Å². The van der Waals surface area contributed by atoms with Gasteiger partial charge in [0, 0.05) is 12.6 Å². The Morgan fingerprint density at radius 1 is 1.32 bits per heavy atom.